The van der Waals surface area contributed by atoms with Gasteiger partial charge in [0.15, 0.2) is 0 Å². The molecule has 0 aliphatic carbocycles. The predicted molar refractivity (Wildman–Crippen MR) is 82.5 cm³/mol. The number of halogens is 3. The van der Waals surface area contributed by atoms with Gasteiger partial charge in [-0.25, -0.2) is 4.79 Å². The monoisotopic (exact) mass is 340 g/mol. The van der Waals surface area contributed by atoms with Gasteiger partial charge in [-0.05, 0) is 13.0 Å². The van der Waals surface area contributed by atoms with E-state index < -0.39 is 17.7 Å². The minimum Gasteiger partial charge on any atom is -0.462 e. The van der Waals surface area contributed by atoms with Crippen molar-refractivity contribution in [3.8, 4) is 0 Å². The molecule has 8 heteroatoms. The first-order valence-corrected chi connectivity index (χ1v) is 7.50. The highest BCUT2D eigenvalue weighted by Gasteiger charge is 2.33. The number of rotatable bonds is 2. The molecule has 0 atom stereocenters. The second-order valence-corrected chi connectivity index (χ2v) is 5.79. The Hall–Kier alpha value is -2.35. The first-order chi connectivity index (χ1) is 10.8. The third-order valence-corrected chi connectivity index (χ3v) is 4.59. The number of benzene rings is 1. The lowest BCUT2D eigenvalue weighted by Gasteiger charge is -2.09. The van der Waals surface area contributed by atoms with Crippen LogP contribution < -0.4 is 5.73 Å². The van der Waals surface area contributed by atoms with Gasteiger partial charge in [0.05, 0.1) is 23.4 Å². The molecule has 120 valence electrons. The van der Waals surface area contributed by atoms with E-state index in [0.717, 1.165) is 17.4 Å². The number of nitrogen functional groups attached to an aromatic ring is 1. The van der Waals surface area contributed by atoms with Crippen LogP contribution in [0.25, 0.3) is 21.0 Å². The lowest BCUT2D eigenvalue weighted by molar-refractivity contribution is -0.136. The fourth-order valence-corrected chi connectivity index (χ4v) is 3.47. The van der Waals surface area contributed by atoms with E-state index in [9.17, 15) is 18.0 Å². The van der Waals surface area contributed by atoms with Crippen LogP contribution in [0, 0.1) is 0 Å². The molecule has 0 radical (unpaired) electrons. The molecule has 3 aromatic rings. The predicted octanol–water partition coefficient (Wildman–Crippen LogP) is 4.23. The number of aromatic nitrogens is 1. The topological polar surface area (TPSA) is 65.2 Å². The van der Waals surface area contributed by atoms with Crippen molar-refractivity contribution in [3.05, 3.63) is 34.8 Å². The van der Waals surface area contributed by atoms with Crippen molar-refractivity contribution in [1.82, 2.24) is 4.98 Å². The SMILES string of the molecule is CCOC(=O)c1sc2c(cnc3c(C(F)(F)F)cccc32)c1N. The summed E-state index contributed by atoms with van der Waals surface area (Å²) in [6.07, 6.45) is -3.24. The number of alkyl halides is 3. The van der Waals surface area contributed by atoms with Crippen LogP contribution in [0.2, 0.25) is 0 Å². The molecule has 0 aliphatic heterocycles. The second-order valence-electron chi connectivity index (χ2n) is 4.77. The molecule has 0 amide bonds. The van der Waals surface area contributed by atoms with Crippen LogP contribution in [0.1, 0.15) is 22.2 Å². The van der Waals surface area contributed by atoms with Crippen LogP contribution in [0.15, 0.2) is 24.4 Å². The van der Waals surface area contributed by atoms with Crippen LogP contribution in [-0.4, -0.2) is 17.6 Å². The first kappa shape index (κ1) is 15.5. The number of hydrogen-bond donors (Lipinski definition) is 1. The quantitative estimate of drug-likeness (QED) is 0.709. The first-order valence-electron chi connectivity index (χ1n) is 6.68. The molecule has 0 aliphatic rings. The van der Waals surface area contributed by atoms with Gasteiger partial charge in [-0.2, -0.15) is 13.2 Å². The Morgan fingerprint density at radius 3 is 2.74 bits per heavy atom. The molecule has 2 N–H and O–H groups in total. The molecule has 0 unspecified atom stereocenters. The van der Waals surface area contributed by atoms with Gasteiger partial charge in [0, 0.05) is 21.7 Å². The smallest absolute Gasteiger partial charge is 0.418 e. The van der Waals surface area contributed by atoms with Gasteiger partial charge in [0.2, 0.25) is 0 Å². The van der Waals surface area contributed by atoms with Crippen molar-refractivity contribution in [3.63, 3.8) is 0 Å². The minimum atomic E-state index is -4.51. The van der Waals surface area contributed by atoms with Crippen LogP contribution in [0.3, 0.4) is 0 Å². The van der Waals surface area contributed by atoms with Gasteiger partial charge in [-0.3, -0.25) is 4.98 Å². The zero-order valence-electron chi connectivity index (χ0n) is 11.9. The molecule has 3 rings (SSSR count). The summed E-state index contributed by atoms with van der Waals surface area (Å²) < 4.78 is 44.7. The van der Waals surface area contributed by atoms with E-state index in [2.05, 4.69) is 4.98 Å². The van der Waals surface area contributed by atoms with Crippen LogP contribution in [0.5, 0.6) is 0 Å². The van der Waals surface area contributed by atoms with Gasteiger partial charge in [0.1, 0.15) is 4.88 Å². The Morgan fingerprint density at radius 2 is 2.09 bits per heavy atom. The third kappa shape index (κ3) is 2.48. The van der Waals surface area contributed by atoms with Crippen molar-refractivity contribution in [1.29, 1.82) is 0 Å². The number of thiophene rings is 1. The average molecular weight is 340 g/mol. The van der Waals surface area contributed by atoms with Crippen LogP contribution in [-0.2, 0) is 10.9 Å². The standard InChI is InChI=1S/C15H11F3N2O2S/c1-2-22-14(21)13-10(19)8-6-20-11-7(12(8)23-13)4-3-5-9(11)15(16,17)18/h3-6H,2,19H2,1H3. The molecular weight excluding hydrogens is 329 g/mol. The number of esters is 1. The fraction of sp³-hybridized carbons (Fsp3) is 0.200. The molecule has 0 bridgehead atoms. The number of carbonyl (C=O) groups excluding carboxylic acids is 1. The number of para-hydroxylation sites is 1. The van der Waals surface area contributed by atoms with E-state index in [1.807, 2.05) is 0 Å². The van der Waals surface area contributed by atoms with Gasteiger partial charge < -0.3 is 10.5 Å². The molecule has 0 saturated heterocycles. The minimum absolute atomic E-state index is 0.163. The normalized spacial score (nSPS) is 12.0. The van der Waals surface area contributed by atoms with Gasteiger partial charge >= 0.3 is 12.1 Å². The maximum atomic E-state index is 13.1. The van der Waals surface area contributed by atoms with Gasteiger partial charge in [-0.15, -0.1) is 11.3 Å². The number of pyridine rings is 1. The largest absolute Gasteiger partial charge is 0.462 e. The molecule has 2 heterocycles. The number of hydrogen-bond acceptors (Lipinski definition) is 5. The molecule has 4 nitrogen and oxygen atoms in total. The summed E-state index contributed by atoms with van der Waals surface area (Å²) in [6, 6.07) is 3.82. The summed E-state index contributed by atoms with van der Waals surface area (Å²) in [7, 11) is 0. The highest BCUT2D eigenvalue weighted by Crippen LogP contribution is 2.41. The number of carbonyl (C=O) groups is 1. The third-order valence-electron chi connectivity index (χ3n) is 3.35. The summed E-state index contributed by atoms with van der Waals surface area (Å²) in [5.74, 6) is -0.591. The van der Waals surface area contributed by atoms with Crippen molar-refractivity contribution < 1.29 is 22.7 Å². The van der Waals surface area contributed by atoms with Crippen LogP contribution >= 0.6 is 11.3 Å². The number of fused-ring (bicyclic) bond motifs is 3. The van der Waals surface area contributed by atoms with Gasteiger partial charge in [-0.1, -0.05) is 12.1 Å². The zero-order chi connectivity index (χ0) is 16.8. The number of nitrogens with zero attached hydrogens (tertiary/aromatic N) is 1. The van der Waals surface area contributed by atoms with Gasteiger partial charge in [0.25, 0.3) is 0 Å². The highest BCUT2D eigenvalue weighted by molar-refractivity contribution is 7.22. The van der Waals surface area contributed by atoms with Crippen LogP contribution in [0.4, 0.5) is 18.9 Å². The Kier molecular flexibility index (Phi) is 3.63. The maximum absolute atomic E-state index is 13.1. The molecule has 23 heavy (non-hydrogen) atoms. The number of nitrogens with two attached hydrogens (primary N) is 1. The summed E-state index contributed by atoms with van der Waals surface area (Å²) >= 11 is 1.01. The Bertz CT molecular complexity index is 918. The molecule has 0 spiro atoms. The van der Waals surface area contributed by atoms with E-state index in [4.69, 9.17) is 10.5 Å². The summed E-state index contributed by atoms with van der Waals surface area (Å²) in [5, 5.41) is 0.759. The molecular formula is C15H11F3N2O2S. The Balaban J connectivity index is 2.32. The summed E-state index contributed by atoms with van der Waals surface area (Å²) in [6.45, 7) is 1.84. The lowest BCUT2D eigenvalue weighted by atomic mass is 10.1. The van der Waals surface area contributed by atoms with Crippen molar-refractivity contribution in [2.45, 2.75) is 13.1 Å². The number of ether oxygens (including phenoxy) is 1. The molecule has 0 fully saturated rings. The second kappa shape index (κ2) is 5.38. The zero-order valence-corrected chi connectivity index (χ0v) is 12.7. The lowest BCUT2D eigenvalue weighted by Crippen LogP contribution is -2.06. The van der Waals surface area contributed by atoms with E-state index >= 15 is 0 Å². The highest BCUT2D eigenvalue weighted by atomic mass is 32.1. The van der Waals surface area contributed by atoms with Crippen molar-refractivity contribution >= 4 is 44.0 Å². The van der Waals surface area contributed by atoms with E-state index in [1.165, 1.54) is 18.3 Å². The molecule has 2 aromatic heterocycles. The average Bonchev–Trinajstić information content (AvgIpc) is 2.83. The van der Waals surface area contributed by atoms with Crippen molar-refractivity contribution in [2.24, 2.45) is 0 Å². The van der Waals surface area contributed by atoms with Crippen molar-refractivity contribution in [2.75, 3.05) is 12.3 Å². The summed E-state index contributed by atoms with van der Waals surface area (Å²) in [5.41, 5.74) is 5.13. The Labute approximate surface area is 132 Å². The van der Waals surface area contributed by atoms with E-state index in [1.54, 1.807) is 6.92 Å². The number of anilines is 1. The fourth-order valence-electron chi connectivity index (χ4n) is 2.36. The molecule has 0 saturated carbocycles. The Morgan fingerprint density at radius 1 is 1.35 bits per heavy atom. The molecule has 1 aromatic carbocycles. The van der Waals surface area contributed by atoms with E-state index in [0.29, 0.717) is 15.5 Å². The maximum Gasteiger partial charge on any atom is 0.418 e. The van der Waals surface area contributed by atoms with E-state index in [-0.39, 0.29) is 22.7 Å². The summed E-state index contributed by atoms with van der Waals surface area (Å²) in [4.78, 5) is 16.0.